The van der Waals surface area contributed by atoms with Crippen molar-refractivity contribution in [2.75, 3.05) is 13.7 Å². The van der Waals surface area contributed by atoms with Crippen LogP contribution in [0.2, 0.25) is 0 Å². The van der Waals surface area contributed by atoms with Gasteiger partial charge in [0.1, 0.15) is 5.75 Å². The van der Waals surface area contributed by atoms with Gasteiger partial charge in [0, 0.05) is 17.0 Å². The summed E-state index contributed by atoms with van der Waals surface area (Å²) < 4.78 is 24.9. The van der Waals surface area contributed by atoms with E-state index in [1.807, 2.05) is 24.3 Å². The number of para-hydroxylation sites is 1. The Morgan fingerprint density at radius 2 is 2.05 bits per heavy atom. The number of benzene rings is 2. The van der Waals surface area contributed by atoms with Crippen LogP contribution in [-0.4, -0.2) is 18.8 Å². The van der Waals surface area contributed by atoms with Gasteiger partial charge in [-0.05, 0) is 18.6 Å². The van der Waals surface area contributed by atoms with Crippen molar-refractivity contribution in [3.63, 3.8) is 0 Å². The van der Waals surface area contributed by atoms with Gasteiger partial charge in [0.05, 0.1) is 19.8 Å². The summed E-state index contributed by atoms with van der Waals surface area (Å²) in [5.74, 6) is 0.219. The first-order valence-electron chi connectivity index (χ1n) is 6.94. The SMILES string of the molecule is COc1cccc(C(O)C2CCOc3ccccc32)c1F. The maximum Gasteiger partial charge on any atom is 0.170 e. The van der Waals surface area contributed by atoms with Crippen LogP contribution in [0.15, 0.2) is 42.5 Å². The summed E-state index contributed by atoms with van der Waals surface area (Å²) in [7, 11) is 1.42. The fraction of sp³-hybridized carbons (Fsp3) is 0.294. The van der Waals surface area contributed by atoms with E-state index in [0.29, 0.717) is 13.0 Å². The van der Waals surface area contributed by atoms with Crippen molar-refractivity contribution in [3.8, 4) is 11.5 Å². The average Bonchev–Trinajstić information content (AvgIpc) is 2.54. The molecule has 1 heterocycles. The van der Waals surface area contributed by atoms with Gasteiger partial charge in [-0.3, -0.25) is 0 Å². The van der Waals surface area contributed by atoms with Crippen molar-refractivity contribution in [3.05, 3.63) is 59.4 Å². The van der Waals surface area contributed by atoms with E-state index in [2.05, 4.69) is 0 Å². The van der Waals surface area contributed by atoms with Gasteiger partial charge in [-0.15, -0.1) is 0 Å². The highest BCUT2D eigenvalue weighted by atomic mass is 19.1. The number of aliphatic hydroxyl groups is 1. The number of aliphatic hydroxyl groups excluding tert-OH is 1. The molecular weight excluding hydrogens is 271 g/mol. The van der Waals surface area contributed by atoms with Gasteiger partial charge in [-0.25, -0.2) is 4.39 Å². The van der Waals surface area contributed by atoms with E-state index in [4.69, 9.17) is 9.47 Å². The molecule has 4 heteroatoms. The lowest BCUT2D eigenvalue weighted by Crippen LogP contribution is -2.20. The molecule has 3 rings (SSSR count). The van der Waals surface area contributed by atoms with Crippen LogP contribution in [0, 0.1) is 5.82 Å². The fourth-order valence-corrected chi connectivity index (χ4v) is 2.83. The molecule has 1 N–H and O–H groups in total. The van der Waals surface area contributed by atoms with Crippen LogP contribution in [0.5, 0.6) is 11.5 Å². The van der Waals surface area contributed by atoms with Crippen LogP contribution < -0.4 is 9.47 Å². The summed E-state index contributed by atoms with van der Waals surface area (Å²) in [6, 6.07) is 12.4. The number of hydrogen-bond donors (Lipinski definition) is 1. The Hall–Kier alpha value is -2.07. The standard InChI is InChI=1S/C17H17FO3/c1-20-15-8-4-6-13(16(15)18)17(19)12-9-10-21-14-7-3-2-5-11(12)14/h2-8,12,17,19H,9-10H2,1H3. The van der Waals surface area contributed by atoms with Crippen molar-refractivity contribution in [1.82, 2.24) is 0 Å². The third-order valence-electron chi connectivity index (χ3n) is 3.92. The third kappa shape index (κ3) is 2.47. The van der Waals surface area contributed by atoms with E-state index in [9.17, 15) is 9.50 Å². The van der Waals surface area contributed by atoms with E-state index in [0.717, 1.165) is 11.3 Å². The summed E-state index contributed by atoms with van der Waals surface area (Å²) in [6.07, 6.45) is -0.278. The Morgan fingerprint density at radius 3 is 2.86 bits per heavy atom. The highest BCUT2D eigenvalue weighted by Crippen LogP contribution is 2.42. The molecule has 2 unspecified atom stereocenters. The van der Waals surface area contributed by atoms with Crippen LogP contribution in [0.25, 0.3) is 0 Å². The van der Waals surface area contributed by atoms with Crippen molar-refractivity contribution in [2.45, 2.75) is 18.4 Å². The van der Waals surface area contributed by atoms with E-state index in [-0.39, 0.29) is 17.2 Å². The van der Waals surface area contributed by atoms with Crippen LogP contribution in [0.1, 0.15) is 29.6 Å². The number of hydrogen-bond acceptors (Lipinski definition) is 3. The predicted octanol–water partition coefficient (Wildman–Crippen LogP) is 3.43. The molecule has 3 nitrogen and oxygen atoms in total. The molecule has 0 radical (unpaired) electrons. The van der Waals surface area contributed by atoms with Gasteiger partial charge in [0.25, 0.3) is 0 Å². The second-order valence-electron chi connectivity index (χ2n) is 5.09. The van der Waals surface area contributed by atoms with Gasteiger partial charge < -0.3 is 14.6 Å². The first kappa shape index (κ1) is 13.9. The molecule has 0 fully saturated rings. The van der Waals surface area contributed by atoms with Crippen molar-refractivity contribution in [1.29, 1.82) is 0 Å². The minimum absolute atomic E-state index is 0.145. The topological polar surface area (TPSA) is 38.7 Å². The Bertz CT molecular complexity index is 642. The lowest BCUT2D eigenvalue weighted by Gasteiger charge is -2.30. The second kappa shape index (κ2) is 5.74. The van der Waals surface area contributed by atoms with Gasteiger partial charge in [-0.2, -0.15) is 0 Å². The maximum atomic E-state index is 14.3. The largest absolute Gasteiger partial charge is 0.494 e. The smallest absolute Gasteiger partial charge is 0.170 e. The zero-order valence-electron chi connectivity index (χ0n) is 11.8. The highest BCUT2D eigenvalue weighted by molar-refractivity contribution is 5.41. The van der Waals surface area contributed by atoms with Gasteiger partial charge in [0.2, 0.25) is 0 Å². The van der Waals surface area contributed by atoms with Crippen molar-refractivity contribution < 1.29 is 19.0 Å². The highest BCUT2D eigenvalue weighted by Gasteiger charge is 2.30. The summed E-state index contributed by atoms with van der Waals surface area (Å²) >= 11 is 0. The lowest BCUT2D eigenvalue weighted by atomic mass is 9.85. The second-order valence-corrected chi connectivity index (χ2v) is 5.09. The van der Waals surface area contributed by atoms with E-state index < -0.39 is 11.9 Å². The minimum atomic E-state index is -0.926. The van der Waals surface area contributed by atoms with E-state index in [1.165, 1.54) is 7.11 Å². The van der Waals surface area contributed by atoms with E-state index in [1.54, 1.807) is 18.2 Å². The number of ether oxygens (including phenoxy) is 2. The minimum Gasteiger partial charge on any atom is -0.494 e. The molecule has 110 valence electrons. The predicted molar refractivity (Wildman–Crippen MR) is 77.2 cm³/mol. The molecular formula is C17H17FO3. The fourth-order valence-electron chi connectivity index (χ4n) is 2.83. The third-order valence-corrected chi connectivity index (χ3v) is 3.92. The molecule has 1 aliphatic rings. The average molecular weight is 288 g/mol. The first-order chi connectivity index (χ1) is 10.2. The molecule has 21 heavy (non-hydrogen) atoms. The Morgan fingerprint density at radius 1 is 1.24 bits per heavy atom. The molecule has 0 aliphatic carbocycles. The van der Waals surface area contributed by atoms with Crippen LogP contribution in [-0.2, 0) is 0 Å². The Kier molecular flexibility index (Phi) is 3.80. The van der Waals surface area contributed by atoms with Crippen LogP contribution in [0.4, 0.5) is 4.39 Å². The number of methoxy groups -OCH3 is 1. The summed E-state index contributed by atoms with van der Waals surface area (Å²) in [4.78, 5) is 0. The Labute approximate surface area is 122 Å². The molecule has 0 saturated heterocycles. The van der Waals surface area contributed by atoms with Gasteiger partial charge >= 0.3 is 0 Å². The number of rotatable bonds is 3. The normalized spacial score (nSPS) is 18.5. The van der Waals surface area contributed by atoms with Gasteiger partial charge in [-0.1, -0.05) is 30.3 Å². The lowest BCUT2D eigenvalue weighted by molar-refractivity contribution is 0.113. The molecule has 1 aliphatic heterocycles. The van der Waals surface area contributed by atoms with Crippen LogP contribution in [0.3, 0.4) is 0 Å². The van der Waals surface area contributed by atoms with Crippen molar-refractivity contribution >= 4 is 0 Å². The molecule has 0 saturated carbocycles. The molecule has 0 amide bonds. The zero-order valence-corrected chi connectivity index (χ0v) is 11.8. The number of halogens is 1. The van der Waals surface area contributed by atoms with Crippen molar-refractivity contribution in [2.24, 2.45) is 0 Å². The number of fused-ring (bicyclic) bond motifs is 1. The molecule has 0 aromatic heterocycles. The molecule has 2 aromatic rings. The monoisotopic (exact) mass is 288 g/mol. The van der Waals surface area contributed by atoms with Crippen LogP contribution >= 0.6 is 0 Å². The van der Waals surface area contributed by atoms with E-state index >= 15 is 0 Å². The molecule has 0 spiro atoms. The summed E-state index contributed by atoms with van der Waals surface area (Å²) in [6.45, 7) is 0.518. The quantitative estimate of drug-likeness (QED) is 0.940. The zero-order chi connectivity index (χ0) is 14.8. The maximum absolute atomic E-state index is 14.3. The Balaban J connectivity index is 1.98. The van der Waals surface area contributed by atoms with Gasteiger partial charge in [0.15, 0.2) is 11.6 Å². The molecule has 2 atom stereocenters. The first-order valence-corrected chi connectivity index (χ1v) is 6.94. The molecule has 2 aromatic carbocycles. The summed E-state index contributed by atoms with van der Waals surface area (Å²) in [5, 5.41) is 10.6. The summed E-state index contributed by atoms with van der Waals surface area (Å²) in [5.41, 5.74) is 1.18. The molecule has 0 bridgehead atoms.